The lowest BCUT2D eigenvalue weighted by Crippen LogP contribution is -2.28. The maximum atomic E-state index is 13.4. The van der Waals surface area contributed by atoms with Crippen LogP contribution in [-0.4, -0.2) is 15.3 Å². The van der Waals surface area contributed by atoms with Crippen molar-refractivity contribution in [2.45, 2.75) is 12.5 Å². The number of nitrogens with zero attached hydrogens (tertiary/aromatic N) is 3. The van der Waals surface area contributed by atoms with Crippen LogP contribution in [0.15, 0.2) is 93.2 Å². The molecule has 1 aliphatic rings. The minimum Gasteiger partial charge on any atom is -0.299 e. The second-order valence-corrected chi connectivity index (χ2v) is 7.83. The van der Waals surface area contributed by atoms with Gasteiger partial charge in [0, 0.05) is 10.9 Å². The first kappa shape index (κ1) is 17.8. The average Bonchev–Trinajstić information content (AvgIpc) is 3.25. The molecule has 1 aromatic heterocycles. The molecule has 6 heteroatoms. The molecule has 0 fully saturated rings. The molecule has 0 saturated heterocycles. The molecule has 3 aromatic carbocycles. The molecule has 2 heterocycles. The number of hydrogen-bond donors (Lipinski definition) is 1. The molecule has 0 radical (unpaired) electrons. The smallest absolute Gasteiger partial charge is 0.266 e. The van der Waals surface area contributed by atoms with Gasteiger partial charge < -0.3 is 0 Å². The number of nitrogens with one attached hydrogen (secondary N) is 1. The van der Waals surface area contributed by atoms with Gasteiger partial charge in [0.15, 0.2) is 0 Å². The Balaban J connectivity index is 1.64. The summed E-state index contributed by atoms with van der Waals surface area (Å²) in [6.45, 7) is 0. The molecule has 1 atom stereocenters. The van der Waals surface area contributed by atoms with E-state index in [0.717, 1.165) is 21.4 Å². The Kier molecular flexibility index (Phi) is 4.48. The minimum atomic E-state index is -0.189. The first-order valence-corrected chi connectivity index (χ1v) is 10.1. The van der Waals surface area contributed by atoms with Gasteiger partial charge in [-0.25, -0.2) is 4.98 Å². The molecular formula is C23H17BrN4O. The van der Waals surface area contributed by atoms with E-state index in [2.05, 4.69) is 26.5 Å². The van der Waals surface area contributed by atoms with Gasteiger partial charge in [0.25, 0.3) is 5.56 Å². The van der Waals surface area contributed by atoms with Crippen molar-refractivity contribution < 1.29 is 0 Å². The minimum absolute atomic E-state index is 0.0807. The van der Waals surface area contributed by atoms with Crippen molar-refractivity contribution in [2.24, 2.45) is 5.10 Å². The van der Waals surface area contributed by atoms with E-state index in [1.165, 1.54) is 0 Å². The summed E-state index contributed by atoms with van der Waals surface area (Å²) < 4.78 is 2.65. The van der Waals surface area contributed by atoms with Crippen LogP contribution in [0, 0.1) is 0 Å². The van der Waals surface area contributed by atoms with E-state index in [0.29, 0.717) is 23.1 Å². The van der Waals surface area contributed by atoms with Crippen LogP contribution in [0.1, 0.15) is 23.9 Å². The maximum Gasteiger partial charge on any atom is 0.266 e. The molecule has 0 saturated carbocycles. The van der Waals surface area contributed by atoms with E-state index in [1.807, 2.05) is 78.9 Å². The third-order valence-corrected chi connectivity index (χ3v) is 5.59. The number of halogens is 1. The standard InChI is InChI=1S/C23H17BrN4O/c24-16-10-12-17(13-11-16)28-22(25-19-9-5-4-8-18(19)23(28)29)21-14-20(26-27-21)15-6-2-1-3-7-15/h1-13,21,27H,14H2. The van der Waals surface area contributed by atoms with Gasteiger partial charge in [-0.15, -0.1) is 0 Å². The van der Waals surface area contributed by atoms with Crippen LogP contribution in [0.3, 0.4) is 0 Å². The summed E-state index contributed by atoms with van der Waals surface area (Å²) in [7, 11) is 0. The third-order valence-electron chi connectivity index (χ3n) is 5.06. The predicted octanol–water partition coefficient (Wildman–Crippen LogP) is 4.59. The van der Waals surface area contributed by atoms with Gasteiger partial charge in [0.2, 0.25) is 0 Å². The molecule has 0 bridgehead atoms. The highest BCUT2D eigenvalue weighted by atomic mass is 79.9. The van der Waals surface area contributed by atoms with Gasteiger partial charge in [-0.05, 0) is 42.0 Å². The lowest BCUT2D eigenvalue weighted by molar-refractivity contribution is 0.565. The molecule has 5 rings (SSSR count). The Bertz CT molecular complexity index is 1280. The van der Waals surface area contributed by atoms with Crippen molar-refractivity contribution in [1.82, 2.24) is 15.0 Å². The zero-order chi connectivity index (χ0) is 19.8. The Hall–Kier alpha value is -3.25. The Morgan fingerprint density at radius 2 is 1.66 bits per heavy atom. The van der Waals surface area contributed by atoms with E-state index in [-0.39, 0.29) is 11.6 Å². The zero-order valence-corrected chi connectivity index (χ0v) is 17.0. The fourth-order valence-corrected chi connectivity index (χ4v) is 3.89. The van der Waals surface area contributed by atoms with Gasteiger partial charge in [-0.2, -0.15) is 5.10 Å². The largest absolute Gasteiger partial charge is 0.299 e. The molecule has 29 heavy (non-hydrogen) atoms. The second-order valence-electron chi connectivity index (χ2n) is 6.91. The number of aromatic nitrogens is 2. The summed E-state index contributed by atoms with van der Waals surface area (Å²) in [6, 6.07) is 25.0. The quantitative estimate of drug-likeness (QED) is 0.502. The number of benzene rings is 3. The lowest BCUT2D eigenvalue weighted by atomic mass is 10.0. The van der Waals surface area contributed by atoms with E-state index < -0.39 is 0 Å². The van der Waals surface area contributed by atoms with Gasteiger partial charge in [-0.1, -0.05) is 58.4 Å². The zero-order valence-electron chi connectivity index (χ0n) is 15.4. The van der Waals surface area contributed by atoms with Gasteiger partial charge in [0.05, 0.1) is 22.3 Å². The second kappa shape index (κ2) is 7.29. The van der Waals surface area contributed by atoms with Crippen molar-refractivity contribution in [3.05, 3.63) is 105 Å². The van der Waals surface area contributed by atoms with E-state index >= 15 is 0 Å². The third kappa shape index (κ3) is 3.25. The van der Waals surface area contributed by atoms with Crippen LogP contribution in [0.2, 0.25) is 0 Å². The van der Waals surface area contributed by atoms with E-state index in [4.69, 9.17) is 4.98 Å². The van der Waals surface area contributed by atoms with Crippen LogP contribution >= 0.6 is 15.9 Å². The number of hydrazone groups is 1. The number of hydrogen-bond acceptors (Lipinski definition) is 4. The number of fused-ring (bicyclic) bond motifs is 1. The van der Waals surface area contributed by atoms with Crippen molar-refractivity contribution in [1.29, 1.82) is 0 Å². The molecule has 1 N–H and O–H groups in total. The molecule has 0 spiro atoms. The molecule has 5 nitrogen and oxygen atoms in total. The maximum absolute atomic E-state index is 13.4. The Morgan fingerprint density at radius 1 is 0.931 bits per heavy atom. The van der Waals surface area contributed by atoms with Crippen LogP contribution in [0.25, 0.3) is 16.6 Å². The average molecular weight is 445 g/mol. The molecular weight excluding hydrogens is 428 g/mol. The predicted molar refractivity (Wildman–Crippen MR) is 119 cm³/mol. The molecule has 1 aliphatic heterocycles. The van der Waals surface area contributed by atoms with E-state index in [9.17, 15) is 4.79 Å². The Labute approximate surface area is 175 Å². The molecule has 4 aromatic rings. The summed E-state index contributed by atoms with van der Waals surface area (Å²) in [4.78, 5) is 18.2. The van der Waals surface area contributed by atoms with Crippen LogP contribution in [0.5, 0.6) is 0 Å². The summed E-state index contributed by atoms with van der Waals surface area (Å²) >= 11 is 3.46. The van der Waals surface area contributed by atoms with Gasteiger partial charge in [-0.3, -0.25) is 14.8 Å². The topological polar surface area (TPSA) is 59.3 Å². The molecule has 142 valence electrons. The molecule has 1 unspecified atom stereocenters. The van der Waals surface area contributed by atoms with Gasteiger partial charge in [0.1, 0.15) is 11.9 Å². The first-order valence-electron chi connectivity index (χ1n) is 9.36. The summed E-state index contributed by atoms with van der Waals surface area (Å²) in [5.41, 5.74) is 6.61. The van der Waals surface area contributed by atoms with Crippen molar-refractivity contribution >= 4 is 32.5 Å². The number of para-hydroxylation sites is 1. The van der Waals surface area contributed by atoms with Crippen molar-refractivity contribution in [3.63, 3.8) is 0 Å². The van der Waals surface area contributed by atoms with Gasteiger partial charge >= 0.3 is 0 Å². The SMILES string of the molecule is O=c1c2ccccc2nc(C2CC(c3ccccc3)=NN2)n1-c1ccc(Br)cc1. The lowest BCUT2D eigenvalue weighted by Gasteiger charge is -2.18. The highest BCUT2D eigenvalue weighted by Crippen LogP contribution is 2.26. The Morgan fingerprint density at radius 3 is 2.45 bits per heavy atom. The first-order chi connectivity index (χ1) is 14.2. The normalized spacial score (nSPS) is 15.9. The van der Waals surface area contributed by atoms with Crippen LogP contribution < -0.4 is 11.0 Å². The van der Waals surface area contributed by atoms with Crippen LogP contribution in [0.4, 0.5) is 0 Å². The number of rotatable bonds is 3. The van der Waals surface area contributed by atoms with Crippen molar-refractivity contribution in [3.8, 4) is 5.69 Å². The fourth-order valence-electron chi connectivity index (χ4n) is 3.63. The molecule has 0 aliphatic carbocycles. The monoisotopic (exact) mass is 444 g/mol. The summed E-state index contributed by atoms with van der Waals surface area (Å²) in [6.07, 6.45) is 0.658. The fraction of sp³-hybridized carbons (Fsp3) is 0.0870. The molecule has 0 amide bonds. The summed E-state index contributed by atoms with van der Waals surface area (Å²) in [5.74, 6) is 0.658. The van der Waals surface area contributed by atoms with Crippen LogP contribution in [-0.2, 0) is 0 Å². The highest BCUT2D eigenvalue weighted by Gasteiger charge is 2.27. The van der Waals surface area contributed by atoms with Crippen molar-refractivity contribution in [2.75, 3.05) is 0 Å². The van der Waals surface area contributed by atoms with E-state index in [1.54, 1.807) is 4.57 Å². The summed E-state index contributed by atoms with van der Waals surface area (Å²) in [5, 5.41) is 5.12. The highest BCUT2D eigenvalue weighted by molar-refractivity contribution is 9.10.